The van der Waals surface area contributed by atoms with Crippen LogP contribution in [0.25, 0.3) is 10.6 Å². The summed E-state index contributed by atoms with van der Waals surface area (Å²) in [5.41, 5.74) is 6.64. The van der Waals surface area contributed by atoms with E-state index in [1.807, 2.05) is 18.2 Å². The van der Waals surface area contributed by atoms with Gasteiger partial charge in [-0.15, -0.1) is 11.3 Å². The van der Waals surface area contributed by atoms with Gasteiger partial charge >= 0.3 is 0 Å². The molecular weight excluding hydrogens is 334 g/mol. The third kappa shape index (κ3) is 3.54. The maximum Gasteiger partial charge on any atom is 0.273 e. The van der Waals surface area contributed by atoms with Crippen molar-refractivity contribution in [2.24, 2.45) is 11.7 Å². The van der Waals surface area contributed by atoms with Crippen molar-refractivity contribution in [3.8, 4) is 10.6 Å². The number of piperidine rings is 1. The van der Waals surface area contributed by atoms with Crippen LogP contribution < -0.4 is 5.73 Å². The fourth-order valence-corrected chi connectivity index (χ4v) is 3.66. The first-order chi connectivity index (χ1) is 11.0. The van der Waals surface area contributed by atoms with E-state index >= 15 is 0 Å². The van der Waals surface area contributed by atoms with Crippen LogP contribution in [-0.4, -0.2) is 34.8 Å². The van der Waals surface area contributed by atoms with Gasteiger partial charge in [0.2, 0.25) is 5.91 Å². The van der Waals surface area contributed by atoms with Crippen LogP contribution in [0.3, 0.4) is 0 Å². The number of benzene rings is 1. The van der Waals surface area contributed by atoms with Crippen LogP contribution in [0.4, 0.5) is 0 Å². The van der Waals surface area contributed by atoms with Crippen molar-refractivity contribution in [2.45, 2.75) is 12.8 Å². The van der Waals surface area contributed by atoms with Crippen LogP contribution in [0.1, 0.15) is 23.3 Å². The number of hydrogen-bond donors (Lipinski definition) is 1. The number of thiazole rings is 1. The summed E-state index contributed by atoms with van der Waals surface area (Å²) >= 11 is 7.39. The molecule has 120 valence electrons. The predicted octanol–water partition coefficient (Wildman–Crippen LogP) is 2.80. The number of nitrogens with zero attached hydrogens (tertiary/aromatic N) is 2. The molecule has 0 radical (unpaired) electrons. The zero-order chi connectivity index (χ0) is 16.4. The number of hydrogen-bond acceptors (Lipinski definition) is 4. The number of halogens is 1. The molecule has 3 rings (SSSR count). The maximum absolute atomic E-state index is 12.6. The molecular formula is C16H16ClN3O2S. The first-order valence-corrected chi connectivity index (χ1v) is 8.60. The van der Waals surface area contributed by atoms with Gasteiger partial charge in [-0.1, -0.05) is 23.7 Å². The molecule has 1 atom stereocenters. The Balaban J connectivity index is 1.77. The van der Waals surface area contributed by atoms with Gasteiger partial charge < -0.3 is 10.6 Å². The second kappa shape index (κ2) is 6.68. The molecule has 5 nitrogen and oxygen atoms in total. The van der Waals surface area contributed by atoms with E-state index in [-0.39, 0.29) is 17.7 Å². The molecule has 1 aromatic carbocycles. The van der Waals surface area contributed by atoms with Crippen molar-refractivity contribution >= 4 is 34.8 Å². The highest BCUT2D eigenvalue weighted by atomic mass is 35.5. The molecule has 23 heavy (non-hydrogen) atoms. The Hall–Kier alpha value is -1.92. The average Bonchev–Trinajstić information content (AvgIpc) is 3.04. The molecule has 1 aromatic heterocycles. The summed E-state index contributed by atoms with van der Waals surface area (Å²) in [7, 11) is 0. The second-order valence-corrected chi connectivity index (χ2v) is 6.84. The third-order valence-electron chi connectivity index (χ3n) is 3.91. The van der Waals surface area contributed by atoms with Crippen LogP contribution in [0.5, 0.6) is 0 Å². The van der Waals surface area contributed by atoms with Crippen molar-refractivity contribution in [3.05, 3.63) is 40.4 Å². The summed E-state index contributed by atoms with van der Waals surface area (Å²) in [4.78, 5) is 30.0. The minimum Gasteiger partial charge on any atom is -0.369 e. The van der Waals surface area contributed by atoms with Gasteiger partial charge in [0.25, 0.3) is 5.91 Å². The Morgan fingerprint density at radius 2 is 2.22 bits per heavy atom. The minimum absolute atomic E-state index is 0.152. The van der Waals surface area contributed by atoms with E-state index in [4.69, 9.17) is 17.3 Å². The first kappa shape index (κ1) is 16.0. The van der Waals surface area contributed by atoms with Crippen molar-refractivity contribution in [1.82, 2.24) is 9.88 Å². The van der Waals surface area contributed by atoms with E-state index in [1.165, 1.54) is 11.3 Å². The van der Waals surface area contributed by atoms with Gasteiger partial charge in [0.15, 0.2) is 0 Å². The smallest absolute Gasteiger partial charge is 0.273 e. The number of likely N-dealkylation sites (tertiary alicyclic amines) is 1. The molecule has 0 bridgehead atoms. The minimum atomic E-state index is -0.347. The largest absolute Gasteiger partial charge is 0.369 e. The van der Waals surface area contributed by atoms with Crippen LogP contribution >= 0.6 is 22.9 Å². The van der Waals surface area contributed by atoms with E-state index < -0.39 is 0 Å². The summed E-state index contributed by atoms with van der Waals surface area (Å²) in [5, 5.41) is 3.12. The maximum atomic E-state index is 12.6. The van der Waals surface area contributed by atoms with Crippen molar-refractivity contribution in [1.29, 1.82) is 0 Å². The van der Waals surface area contributed by atoms with Gasteiger partial charge in [-0.25, -0.2) is 4.98 Å². The van der Waals surface area contributed by atoms with Crippen molar-refractivity contribution in [2.75, 3.05) is 13.1 Å². The summed E-state index contributed by atoms with van der Waals surface area (Å²) in [6.45, 7) is 1.00. The Labute approximate surface area is 143 Å². The summed E-state index contributed by atoms with van der Waals surface area (Å²) in [5.74, 6) is -0.764. The van der Waals surface area contributed by atoms with Crippen LogP contribution in [-0.2, 0) is 4.79 Å². The average molecular weight is 350 g/mol. The zero-order valence-corrected chi connectivity index (χ0v) is 13.9. The second-order valence-electron chi connectivity index (χ2n) is 5.54. The molecule has 0 saturated carbocycles. The molecule has 7 heteroatoms. The van der Waals surface area contributed by atoms with Crippen LogP contribution in [0.15, 0.2) is 29.6 Å². The zero-order valence-electron chi connectivity index (χ0n) is 12.4. The summed E-state index contributed by atoms with van der Waals surface area (Å²) in [6.07, 6.45) is 1.52. The van der Waals surface area contributed by atoms with Gasteiger partial charge in [-0.05, 0) is 25.0 Å². The van der Waals surface area contributed by atoms with E-state index in [1.54, 1.807) is 16.3 Å². The van der Waals surface area contributed by atoms with Gasteiger partial charge in [0.1, 0.15) is 10.7 Å². The number of carbonyl (C=O) groups excluding carboxylic acids is 2. The van der Waals surface area contributed by atoms with Crippen LogP contribution in [0, 0.1) is 5.92 Å². The topological polar surface area (TPSA) is 76.3 Å². The number of amides is 2. The number of carbonyl (C=O) groups is 2. The predicted molar refractivity (Wildman–Crippen MR) is 90.4 cm³/mol. The highest BCUT2D eigenvalue weighted by Crippen LogP contribution is 2.27. The first-order valence-electron chi connectivity index (χ1n) is 7.34. The molecule has 2 amide bonds. The molecule has 1 fully saturated rings. The molecule has 1 aliphatic rings. The third-order valence-corrected chi connectivity index (χ3v) is 5.03. The molecule has 2 aromatic rings. The molecule has 0 spiro atoms. The normalized spacial score (nSPS) is 18.0. The monoisotopic (exact) mass is 349 g/mol. The lowest BCUT2D eigenvalue weighted by atomic mass is 9.97. The SMILES string of the molecule is NC(=O)C1CCCN(C(=O)c2csc(-c3cccc(Cl)c3)n2)C1. The lowest BCUT2D eigenvalue weighted by Crippen LogP contribution is -2.44. The molecule has 1 unspecified atom stereocenters. The lowest BCUT2D eigenvalue weighted by Gasteiger charge is -2.30. The molecule has 1 saturated heterocycles. The van der Waals surface area contributed by atoms with Gasteiger partial charge in [-0.3, -0.25) is 9.59 Å². The Morgan fingerprint density at radius 3 is 2.96 bits per heavy atom. The lowest BCUT2D eigenvalue weighted by molar-refractivity contribution is -0.123. The van der Waals surface area contributed by atoms with Gasteiger partial charge in [0.05, 0.1) is 5.92 Å². The molecule has 2 N–H and O–H groups in total. The van der Waals surface area contributed by atoms with Crippen molar-refractivity contribution < 1.29 is 9.59 Å². The Kier molecular flexibility index (Phi) is 4.63. The molecule has 0 aliphatic carbocycles. The van der Waals surface area contributed by atoms with Crippen molar-refractivity contribution in [3.63, 3.8) is 0 Å². The van der Waals surface area contributed by atoms with Gasteiger partial charge in [-0.2, -0.15) is 0 Å². The number of aromatic nitrogens is 1. The number of primary amides is 1. The van der Waals surface area contributed by atoms with Gasteiger partial charge in [0, 0.05) is 29.1 Å². The van der Waals surface area contributed by atoms with E-state index in [0.29, 0.717) is 23.8 Å². The summed E-state index contributed by atoms with van der Waals surface area (Å²) < 4.78 is 0. The van der Waals surface area contributed by atoms with E-state index in [0.717, 1.165) is 23.4 Å². The molecule has 2 heterocycles. The Morgan fingerprint density at radius 1 is 1.39 bits per heavy atom. The standard InChI is InChI=1S/C16H16ClN3O2S/c17-12-5-1-3-10(7-12)15-19-13(9-23-15)16(22)20-6-2-4-11(8-20)14(18)21/h1,3,5,7,9,11H,2,4,6,8H2,(H2,18,21). The van der Waals surface area contributed by atoms with E-state index in [9.17, 15) is 9.59 Å². The number of rotatable bonds is 3. The fourth-order valence-electron chi connectivity index (χ4n) is 2.68. The molecule has 1 aliphatic heterocycles. The highest BCUT2D eigenvalue weighted by Gasteiger charge is 2.28. The quantitative estimate of drug-likeness (QED) is 0.925. The van der Waals surface area contributed by atoms with Crippen LogP contribution in [0.2, 0.25) is 5.02 Å². The van der Waals surface area contributed by atoms with E-state index in [2.05, 4.69) is 4.98 Å². The number of nitrogens with two attached hydrogens (primary N) is 1. The highest BCUT2D eigenvalue weighted by molar-refractivity contribution is 7.13. The fraction of sp³-hybridized carbons (Fsp3) is 0.312. The Bertz CT molecular complexity index is 746. The summed E-state index contributed by atoms with van der Waals surface area (Å²) in [6, 6.07) is 7.37.